The standard InChI is InChI=1S/C30H40O2/c1-7-27-14-28(22-10-8-20(2)12-24(22)31)17-29(15-27,23-11-9-21(3)13-25(23)32)19-30(16-27,18-28)26(4,5)6/h8-13,31-32H,7,14-19H2,1-6H3. The summed E-state index contributed by atoms with van der Waals surface area (Å²) < 4.78 is 0. The van der Waals surface area contributed by atoms with Crippen LogP contribution in [0.3, 0.4) is 0 Å². The number of aryl methyl sites for hydroxylation is 2. The summed E-state index contributed by atoms with van der Waals surface area (Å²) >= 11 is 0. The van der Waals surface area contributed by atoms with Crippen molar-refractivity contribution >= 4 is 0 Å². The minimum absolute atomic E-state index is 0.0485. The van der Waals surface area contributed by atoms with Crippen LogP contribution in [0.25, 0.3) is 0 Å². The molecule has 2 aromatic carbocycles. The molecule has 4 bridgehead atoms. The van der Waals surface area contributed by atoms with Crippen LogP contribution in [-0.4, -0.2) is 10.2 Å². The Kier molecular flexibility index (Phi) is 4.48. The Labute approximate surface area is 194 Å². The average Bonchev–Trinajstić information content (AvgIpc) is 2.65. The van der Waals surface area contributed by atoms with Crippen molar-refractivity contribution in [1.29, 1.82) is 0 Å². The lowest BCUT2D eigenvalue weighted by molar-refractivity contribution is -0.184. The topological polar surface area (TPSA) is 40.5 Å². The number of hydrogen-bond acceptors (Lipinski definition) is 2. The van der Waals surface area contributed by atoms with Crippen LogP contribution in [0.1, 0.15) is 94.9 Å². The lowest BCUT2D eigenvalue weighted by Gasteiger charge is -2.74. The molecule has 4 aliphatic carbocycles. The monoisotopic (exact) mass is 432 g/mol. The van der Waals surface area contributed by atoms with Gasteiger partial charge in [-0.15, -0.1) is 0 Å². The Balaban J connectivity index is 1.79. The zero-order chi connectivity index (χ0) is 23.2. The third kappa shape index (κ3) is 2.90. The lowest BCUT2D eigenvalue weighted by atomic mass is 9.30. The predicted molar refractivity (Wildman–Crippen MR) is 131 cm³/mol. The highest BCUT2D eigenvalue weighted by molar-refractivity contribution is 5.50. The predicted octanol–water partition coefficient (Wildman–Crippen LogP) is 7.70. The van der Waals surface area contributed by atoms with E-state index in [2.05, 4.69) is 65.8 Å². The maximum atomic E-state index is 11.2. The molecular formula is C30H40O2. The molecule has 2 N–H and O–H groups in total. The van der Waals surface area contributed by atoms with Gasteiger partial charge in [-0.1, -0.05) is 58.4 Å². The quantitative estimate of drug-likeness (QED) is 0.521. The summed E-state index contributed by atoms with van der Waals surface area (Å²) in [7, 11) is 0. The summed E-state index contributed by atoms with van der Waals surface area (Å²) in [6.45, 7) is 13.8. The summed E-state index contributed by atoms with van der Waals surface area (Å²) in [6.07, 6.45) is 8.02. The van der Waals surface area contributed by atoms with E-state index < -0.39 is 0 Å². The molecule has 0 saturated heterocycles. The highest BCUT2D eigenvalue weighted by Gasteiger charge is 2.70. The number of benzene rings is 2. The van der Waals surface area contributed by atoms with Gasteiger partial charge in [0.05, 0.1) is 0 Å². The number of phenols is 2. The molecule has 0 radical (unpaired) electrons. The van der Waals surface area contributed by atoms with E-state index in [9.17, 15) is 10.2 Å². The summed E-state index contributed by atoms with van der Waals surface area (Å²) in [5.41, 5.74) is 5.00. The number of hydrogen-bond donors (Lipinski definition) is 2. The maximum absolute atomic E-state index is 11.2. The summed E-state index contributed by atoms with van der Waals surface area (Å²) in [5, 5.41) is 22.4. The Hall–Kier alpha value is -1.96. The van der Waals surface area contributed by atoms with E-state index in [-0.39, 0.29) is 27.1 Å². The molecule has 4 fully saturated rings. The van der Waals surface area contributed by atoms with E-state index in [1.807, 2.05) is 12.1 Å². The zero-order valence-electron chi connectivity index (χ0n) is 20.8. The van der Waals surface area contributed by atoms with Crippen molar-refractivity contribution in [3.05, 3.63) is 58.7 Å². The van der Waals surface area contributed by atoms with Crippen molar-refractivity contribution in [3.63, 3.8) is 0 Å². The molecule has 0 spiro atoms. The van der Waals surface area contributed by atoms with Gasteiger partial charge in [0.25, 0.3) is 0 Å². The fourth-order valence-corrected chi connectivity index (χ4v) is 8.77. The molecule has 2 unspecified atom stereocenters. The van der Waals surface area contributed by atoms with Crippen LogP contribution in [0, 0.1) is 30.1 Å². The van der Waals surface area contributed by atoms with E-state index in [4.69, 9.17) is 0 Å². The smallest absolute Gasteiger partial charge is 0.119 e. The molecule has 0 aromatic heterocycles. The van der Waals surface area contributed by atoms with Crippen LogP contribution >= 0.6 is 0 Å². The fourth-order valence-electron chi connectivity index (χ4n) is 8.77. The van der Waals surface area contributed by atoms with Crippen molar-refractivity contribution < 1.29 is 10.2 Å². The van der Waals surface area contributed by atoms with Gasteiger partial charge >= 0.3 is 0 Å². The van der Waals surface area contributed by atoms with Crippen molar-refractivity contribution in [1.82, 2.24) is 0 Å². The van der Waals surface area contributed by atoms with E-state index in [1.54, 1.807) is 0 Å². The summed E-state index contributed by atoms with van der Waals surface area (Å²) in [5.74, 6) is 0.927. The van der Waals surface area contributed by atoms with Gasteiger partial charge in [-0.05, 0) is 91.9 Å². The molecular weight excluding hydrogens is 392 g/mol. The Morgan fingerprint density at radius 2 is 1.19 bits per heavy atom. The van der Waals surface area contributed by atoms with Crippen molar-refractivity contribution in [2.45, 2.75) is 97.3 Å². The van der Waals surface area contributed by atoms with Crippen LogP contribution in [0.5, 0.6) is 11.5 Å². The van der Waals surface area contributed by atoms with Gasteiger partial charge in [-0.25, -0.2) is 0 Å². The Morgan fingerprint density at radius 3 is 1.56 bits per heavy atom. The molecule has 172 valence electrons. The number of rotatable bonds is 3. The van der Waals surface area contributed by atoms with Gasteiger partial charge in [0.2, 0.25) is 0 Å². The second-order valence-corrected chi connectivity index (χ2v) is 13.0. The van der Waals surface area contributed by atoms with Gasteiger partial charge in [0.15, 0.2) is 0 Å². The summed E-state index contributed by atoms with van der Waals surface area (Å²) in [4.78, 5) is 0. The van der Waals surface area contributed by atoms with Crippen LogP contribution in [-0.2, 0) is 10.8 Å². The molecule has 0 heterocycles. The minimum atomic E-state index is -0.0485. The molecule has 6 rings (SSSR count). The largest absolute Gasteiger partial charge is 0.508 e. The van der Waals surface area contributed by atoms with Crippen LogP contribution < -0.4 is 0 Å². The van der Waals surface area contributed by atoms with E-state index in [0.29, 0.717) is 11.5 Å². The third-order valence-corrected chi connectivity index (χ3v) is 9.96. The molecule has 2 atom stereocenters. The first-order chi connectivity index (χ1) is 14.9. The van der Waals surface area contributed by atoms with Gasteiger partial charge < -0.3 is 10.2 Å². The normalized spacial score (nSPS) is 35.9. The molecule has 0 amide bonds. The minimum Gasteiger partial charge on any atom is -0.508 e. The molecule has 2 aromatic rings. The molecule has 2 heteroatoms. The second kappa shape index (κ2) is 6.55. The Morgan fingerprint density at radius 1 is 0.719 bits per heavy atom. The second-order valence-electron chi connectivity index (χ2n) is 13.0. The van der Waals surface area contributed by atoms with E-state index >= 15 is 0 Å². The fraction of sp³-hybridized carbons (Fsp3) is 0.600. The first-order valence-corrected chi connectivity index (χ1v) is 12.5. The molecule has 2 nitrogen and oxygen atoms in total. The van der Waals surface area contributed by atoms with Gasteiger partial charge in [0.1, 0.15) is 11.5 Å². The van der Waals surface area contributed by atoms with Crippen molar-refractivity contribution in [2.75, 3.05) is 0 Å². The Bertz CT molecular complexity index is 1010. The molecule has 0 aliphatic heterocycles. The van der Waals surface area contributed by atoms with Gasteiger partial charge in [-0.2, -0.15) is 0 Å². The van der Waals surface area contributed by atoms with Crippen LogP contribution in [0.15, 0.2) is 36.4 Å². The highest BCUT2D eigenvalue weighted by Crippen LogP contribution is 2.78. The molecule has 32 heavy (non-hydrogen) atoms. The lowest BCUT2D eigenvalue weighted by Crippen LogP contribution is -2.66. The molecule has 4 saturated carbocycles. The van der Waals surface area contributed by atoms with Crippen molar-refractivity contribution in [3.8, 4) is 11.5 Å². The number of aromatic hydroxyl groups is 2. The van der Waals surface area contributed by atoms with Gasteiger partial charge in [0, 0.05) is 22.0 Å². The molecule has 4 aliphatic rings. The zero-order valence-corrected chi connectivity index (χ0v) is 20.8. The highest BCUT2D eigenvalue weighted by atomic mass is 16.3. The van der Waals surface area contributed by atoms with Crippen molar-refractivity contribution in [2.24, 2.45) is 16.2 Å². The third-order valence-electron chi connectivity index (χ3n) is 9.96. The first-order valence-electron chi connectivity index (χ1n) is 12.5. The number of phenolic OH excluding ortho intramolecular Hbond substituents is 2. The van der Waals surface area contributed by atoms with E-state index in [1.165, 1.54) is 6.42 Å². The maximum Gasteiger partial charge on any atom is 0.119 e. The summed E-state index contributed by atoms with van der Waals surface area (Å²) in [6, 6.07) is 12.7. The van der Waals surface area contributed by atoms with Crippen LogP contribution in [0.4, 0.5) is 0 Å². The first kappa shape index (κ1) is 21.9. The average molecular weight is 433 g/mol. The van der Waals surface area contributed by atoms with Gasteiger partial charge in [-0.3, -0.25) is 0 Å². The SMILES string of the molecule is CCC12CC3(c4ccc(C)cc4O)CC(c4ccc(C)cc4O)(C1)CC(C(C)(C)C)(C2)C3. The van der Waals surface area contributed by atoms with E-state index in [0.717, 1.165) is 60.8 Å². The van der Waals surface area contributed by atoms with Crippen LogP contribution in [0.2, 0.25) is 0 Å².